The second-order valence-corrected chi connectivity index (χ2v) is 4.36. The molecule has 1 saturated carbocycles. The van der Waals surface area contributed by atoms with Crippen molar-refractivity contribution in [2.45, 2.75) is 12.3 Å². The Labute approximate surface area is 85.9 Å². The van der Waals surface area contributed by atoms with Gasteiger partial charge in [-0.2, -0.15) is 11.3 Å². The van der Waals surface area contributed by atoms with E-state index in [-0.39, 0.29) is 0 Å². The van der Waals surface area contributed by atoms with Gasteiger partial charge in [-0.1, -0.05) is 0 Å². The lowest BCUT2D eigenvalue weighted by molar-refractivity contribution is -0.0431. The van der Waals surface area contributed by atoms with E-state index in [0.717, 1.165) is 6.42 Å². The maximum atomic E-state index is 10.6. The Kier molecular flexibility index (Phi) is 2.43. The Morgan fingerprint density at radius 2 is 2.57 bits per heavy atom. The molecule has 1 fully saturated rings. The highest BCUT2D eigenvalue weighted by Gasteiger charge is 2.40. The molecular weight excluding hydrogens is 200 g/mol. The molecule has 5 heteroatoms. The minimum Gasteiger partial charge on any atom is -0.350 e. The predicted molar refractivity (Wildman–Crippen MR) is 53.2 cm³/mol. The molecular formula is C9H12N2O2S. The Morgan fingerprint density at radius 1 is 1.79 bits per heavy atom. The summed E-state index contributed by atoms with van der Waals surface area (Å²) in [6.45, 7) is 0.343. The average Bonchev–Trinajstić information content (AvgIpc) is 2.70. The zero-order valence-corrected chi connectivity index (χ0v) is 8.41. The molecule has 0 aliphatic heterocycles. The Bertz CT molecular complexity index is 326. The molecule has 3 N–H and O–H groups in total. The quantitative estimate of drug-likeness (QED) is 0.590. The number of hydroxylamine groups is 2. The predicted octanol–water partition coefficient (Wildman–Crippen LogP) is 1.62. The first kappa shape index (κ1) is 9.48. The summed E-state index contributed by atoms with van der Waals surface area (Å²) in [5.74, 6) is 0.859. The third-order valence-electron chi connectivity index (χ3n) is 2.56. The van der Waals surface area contributed by atoms with Gasteiger partial charge in [-0.05, 0) is 40.6 Å². The number of hydrogen-bond donors (Lipinski definition) is 2. The Hall–Kier alpha value is -1.07. The van der Waals surface area contributed by atoms with E-state index in [4.69, 9.17) is 10.9 Å². The summed E-state index contributed by atoms with van der Waals surface area (Å²) in [6.07, 6.45) is 1.03. The van der Waals surface area contributed by atoms with Gasteiger partial charge in [-0.15, -0.1) is 0 Å². The van der Waals surface area contributed by atoms with Gasteiger partial charge < -0.3 is 5.73 Å². The third-order valence-corrected chi connectivity index (χ3v) is 3.26. The molecule has 1 aliphatic carbocycles. The largest absolute Gasteiger partial charge is 0.350 e. The monoisotopic (exact) mass is 212 g/mol. The van der Waals surface area contributed by atoms with Gasteiger partial charge in [0.2, 0.25) is 0 Å². The normalized spacial score (nSPS) is 24.6. The van der Waals surface area contributed by atoms with Crippen LogP contribution in [-0.2, 0) is 0 Å². The van der Waals surface area contributed by atoms with E-state index >= 15 is 0 Å². The van der Waals surface area contributed by atoms with Crippen molar-refractivity contribution < 1.29 is 10.0 Å². The molecule has 1 aromatic rings. The van der Waals surface area contributed by atoms with Crippen molar-refractivity contribution in [3.8, 4) is 0 Å². The van der Waals surface area contributed by atoms with Crippen LogP contribution < -0.4 is 5.73 Å². The average molecular weight is 212 g/mol. The molecule has 1 aliphatic rings. The molecule has 2 atom stereocenters. The smallest absolute Gasteiger partial charge is 0.338 e. The molecule has 0 spiro atoms. The van der Waals surface area contributed by atoms with E-state index in [2.05, 4.69) is 11.4 Å². The van der Waals surface area contributed by atoms with Crippen molar-refractivity contribution in [2.24, 2.45) is 11.7 Å². The minimum absolute atomic E-state index is 0.343. The lowest BCUT2D eigenvalue weighted by atomic mass is 10.2. The van der Waals surface area contributed by atoms with Crippen molar-refractivity contribution in [1.82, 2.24) is 5.06 Å². The standard InChI is InChI=1S/C9H12N2O2S/c10-9(12)11(13)4-7-3-8(7)6-1-2-14-5-6/h1-2,5,7-8,13H,3-4H2,(H2,10,12). The summed E-state index contributed by atoms with van der Waals surface area (Å²) >= 11 is 1.67. The van der Waals surface area contributed by atoms with Gasteiger partial charge >= 0.3 is 6.03 Å². The molecule has 2 rings (SSSR count). The topological polar surface area (TPSA) is 66.6 Å². The number of nitrogens with zero attached hydrogens (tertiary/aromatic N) is 1. The maximum absolute atomic E-state index is 10.6. The van der Waals surface area contributed by atoms with E-state index in [1.807, 2.05) is 5.38 Å². The van der Waals surface area contributed by atoms with Crippen LogP contribution in [0, 0.1) is 5.92 Å². The lowest BCUT2D eigenvalue weighted by Crippen LogP contribution is -2.34. The van der Waals surface area contributed by atoms with Crippen LogP contribution in [0.25, 0.3) is 0 Å². The zero-order chi connectivity index (χ0) is 10.1. The van der Waals surface area contributed by atoms with E-state index in [1.54, 1.807) is 11.3 Å². The highest BCUT2D eigenvalue weighted by atomic mass is 32.1. The van der Waals surface area contributed by atoms with E-state index in [0.29, 0.717) is 23.4 Å². The van der Waals surface area contributed by atoms with E-state index in [9.17, 15) is 4.79 Å². The van der Waals surface area contributed by atoms with Crippen LogP contribution in [0.4, 0.5) is 4.79 Å². The molecule has 14 heavy (non-hydrogen) atoms. The molecule has 0 bridgehead atoms. The summed E-state index contributed by atoms with van der Waals surface area (Å²) in [5, 5.41) is 13.9. The summed E-state index contributed by atoms with van der Waals surface area (Å²) in [6, 6.07) is 1.31. The SMILES string of the molecule is NC(=O)N(O)CC1CC1c1ccsc1. The van der Waals surface area contributed by atoms with E-state index in [1.165, 1.54) is 5.56 Å². The van der Waals surface area contributed by atoms with Gasteiger partial charge in [0.1, 0.15) is 0 Å². The van der Waals surface area contributed by atoms with Crippen molar-refractivity contribution in [3.63, 3.8) is 0 Å². The van der Waals surface area contributed by atoms with Crippen LogP contribution in [0.15, 0.2) is 16.8 Å². The number of thiophene rings is 1. The second-order valence-electron chi connectivity index (χ2n) is 3.58. The number of primary amides is 1. The summed E-state index contributed by atoms with van der Waals surface area (Å²) in [4.78, 5) is 10.6. The van der Waals surface area contributed by atoms with Gasteiger partial charge in [-0.3, -0.25) is 5.21 Å². The number of nitrogens with two attached hydrogens (primary N) is 1. The van der Waals surface area contributed by atoms with E-state index < -0.39 is 6.03 Å². The van der Waals surface area contributed by atoms with Gasteiger partial charge in [0.25, 0.3) is 0 Å². The molecule has 0 saturated heterocycles. The number of urea groups is 1. The highest BCUT2D eigenvalue weighted by Crippen LogP contribution is 2.48. The molecule has 1 aromatic heterocycles. The molecule has 1 heterocycles. The number of rotatable bonds is 3. The van der Waals surface area contributed by atoms with Gasteiger partial charge in [0, 0.05) is 0 Å². The number of hydrogen-bond acceptors (Lipinski definition) is 3. The van der Waals surface area contributed by atoms with Crippen LogP contribution in [-0.4, -0.2) is 22.8 Å². The van der Waals surface area contributed by atoms with Crippen LogP contribution >= 0.6 is 11.3 Å². The van der Waals surface area contributed by atoms with Crippen molar-refractivity contribution >= 4 is 17.4 Å². The van der Waals surface area contributed by atoms with Crippen molar-refractivity contribution in [3.05, 3.63) is 22.4 Å². The van der Waals surface area contributed by atoms with Gasteiger partial charge in [0.15, 0.2) is 0 Å². The number of amides is 2. The minimum atomic E-state index is -0.777. The summed E-state index contributed by atoms with van der Waals surface area (Å²) in [7, 11) is 0. The first-order valence-electron chi connectivity index (χ1n) is 4.46. The summed E-state index contributed by atoms with van der Waals surface area (Å²) in [5.41, 5.74) is 6.22. The van der Waals surface area contributed by atoms with Crippen LogP contribution in [0.5, 0.6) is 0 Å². The molecule has 4 nitrogen and oxygen atoms in total. The fourth-order valence-electron chi connectivity index (χ4n) is 1.66. The molecule has 0 radical (unpaired) electrons. The second kappa shape index (κ2) is 3.59. The fraction of sp³-hybridized carbons (Fsp3) is 0.444. The maximum Gasteiger partial charge on any atom is 0.338 e. The third kappa shape index (κ3) is 1.88. The first-order chi connectivity index (χ1) is 6.68. The fourth-order valence-corrected chi connectivity index (χ4v) is 2.38. The Balaban J connectivity index is 1.85. The van der Waals surface area contributed by atoms with Gasteiger partial charge in [-0.25, -0.2) is 9.86 Å². The summed E-state index contributed by atoms with van der Waals surface area (Å²) < 4.78 is 0. The Morgan fingerprint density at radius 3 is 3.14 bits per heavy atom. The molecule has 76 valence electrons. The van der Waals surface area contributed by atoms with Crippen molar-refractivity contribution in [1.29, 1.82) is 0 Å². The van der Waals surface area contributed by atoms with Gasteiger partial charge in [0.05, 0.1) is 6.54 Å². The van der Waals surface area contributed by atoms with Crippen LogP contribution in [0.2, 0.25) is 0 Å². The highest BCUT2D eigenvalue weighted by molar-refractivity contribution is 7.08. The van der Waals surface area contributed by atoms with Crippen molar-refractivity contribution in [2.75, 3.05) is 6.54 Å². The molecule has 2 amide bonds. The van der Waals surface area contributed by atoms with Crippen LogP contribution in [0.3, 0.4) is 0 Å². The lowest BCUT2D eigenvalue weighted by Gasteiger charge is -2.10. The molecule has 0 aromatic carbocycles. The van der Waals surface area contributed by atoms with Crippen LogP contribution in [0.1, 0.15) is 17.9 Å². The number of carbonyl (C=O) groups excluding carboxylic acids is 1. The molecule has 2 unspecified atom stereocenters. The first-order valence-corrected chi connectivity index (χ1v) is 5.40. The number of carbonyl (C=O) groups is 1. The zero-order valence-electron chi connectivity index (χ0n) is 7.59.